The Labute approximate surface area is 153 Å². The van der Waals surface area contributed by atoms with Crippen LogP contribution in [0.3, 0.4) is 0 Å². The van der Waals surface area contributed by atoms with Crippen molar-refractivity contribution in [1.29, 1.82) is 0 Å². The summed E-state index contributed by atoms with van der Waals surface area (Å²) in [7, 11) is -3.39. The molecule has 0 radical (unpaired) electrons. The van der Waals surface area contributed by atoms with Crippen LogP contribution in [0.1, 0.15) is 46.4 Å². The average molecular weight is 377 g/mol. The van der Waals surface area contributed by atoms with E-state index in [9.17, 15) is 18.0 Å². The highest BCUT2D eigenvalue weighted by Gasteiger charge is 2.42. The summed E-state index contributed by atoms with van der Waals surface area (Å²) in [6, 6.07) is 6.83. The highest BCUT2D eigenvalue weighted by molar-refractivity contribution is 7.89. The molecule has 1 N–H and O–H groups in total. The summed E-state index contributed by atoms with van der Waals surface area (Å²) in [6.45, 7) is 1.68. The molecule has 3 heterocycles. The summed E-state index contributed by atoms with van der Waals surface area (Å²) >= 11 is 0. The molecular formula is C18H23N3O4S. The Hall–Kier alpha value is -1.77. The molecule has 2 bridgehead atoms. The van der Waals surface area contributed by atoms with E-state index in [-0.39, 0.29) is 42.6 Å². The van der Waals surface area contributed by atoms with E-state index >= 15 is 0 Å². The van der Waals surface area contributed by atoms with Crippen LogP contribution in [-0.2, 0) is 10.0 Å². The highest BCUT2D eigenvalue weighted by Crippen LogP contribution is 2.31. The van der Waals surface area contributed by atoms with Gasteiger partial charge in [0.2, 0.25) is 10.0 Å². The largest absolute Gasteiger partial charge is 0.315 e. The van der Waals surface area contributed by atoms with Crippen LogP contribution in [-0.4, -0.2) is 66.9 Å². The molecule has 3 aliphatic rings. The molecule has 1 aromatic rings. The maximum Gasteiger partial charge on any atom is 0.261 e. The SMILES string of the molecule is O=C1c2ccccc2C(=O)N1CCCS(=O)(=O)N1C2CCNCC1CC2. The van der Waals surface area contributed by atoms with Crippen LogP contribution in [0.5, 0.6) is 0 Å². The molecule has 7 nitrogen and oxygen atoms in total. The zero-order chi connectivity index (χ0) is 18.3. The van der Waals surface area contributed by atoms with Gasteiger partial charge >= 0.3 is 0 Å². The molecule has 2 amide bonds. The number of hydrogen-bond donors (Lipinski definition) is 1. The van der Waals surface area contributed by atoms with E-state index in [4.69, 9.17) is 0 Å². The molecule has 2 atom stereocenters. The van der Waals surface area contributed by atoms with Crippen molar-refractivity contribution in [3.8, 4) is 0 Å². The number of benzene rings is 1. The standard InChI is InChI=1S/C18H23N3O4S/c22-17-15-4-1-2-5-16(15)18(23)20(17)10-3-11-26(24,25)21-13-6-7-14(21)12-19-9-8-13/h1-2,4-5,13-14,19H,3,6-12H2. The number of rotatable bonds is 5. The second-order valence-electron chi connectivity index (χ2n) is 7.18. The van der Waals surface area contributed by atoms with Crippen molar-refractivity contribution in [2.75, 3.05) is 25.4 Å². The van der Waals surface area contributed by atoms with Crippen LogP contribution in [0.15, 0.2) is 24.3 Å². The number of carbonyl (C=O) groups is 2. The molecule has 3 aliphatic heterocycles. The number of hydrogen-bond acceptors (Lipinski definition) is 5. The molecule has 2 saturated heterocycles. The molecule has 2 fully saturated rings. The van der Waals surface area contributed by atoms with E-state index in [1.54, 1.807) is 28.6 Å². The van der Waals surface area contributed by atoms with Crippen molar-refractivity contribution in [3.05, 3.63) is 35.4 Å². The average Bonchev–Trinajstić information content (AvgIpc) is 3.03. The summed E-state index contributed by atoms with van der Waals surface area (Å²) in [5, 5.41) is 3.30. The van der Waals surface area contributed by atoms with Crippen molar-refractivity contribution in [1.82, 2.24) is 14.5 Å². The number of nitrogens with zero attached hydrogens (tertiary/aromatic N) is 2. The van der Waals surface area contributed by atoms with Crippen molar-refractivity contribution >= 4 is 21.8 Å². The molecule has 0 aromatic heterocycles. The first-order valence-electron chi connectivity index (χ1n) is 9.16. The summed E-state index contributed by atoms with van der Waals surface area (Å²) < 4.78 is 27.4. The monoisotopic (exact) mass is 377 g/mol. The Kier molecular flexibility index (Phi) is 4.58. The molecule has 2 unspecified atom stereocenters. The number of amides is 2. The molecule has 26 heavy (non-hydrogen) atoms. The predicted octanol–water partition coefficient (Wildman–Crippen LogP) is 0.829. The fraction of sp³-hybridized carbons (Fsp3) is 0.556. The van der Waals surface area contributed by atoms with E-state index < -0.39 is 10.0 Å². The Morgan fingerprint density at radius 2 is 1.65 bits per heavy atom. The first-order valence-corrected chi connectivity index (χ1v) is 10.8. The van der Waals surface area contributed by atoms with Gasteiger partial charge in [-0.25, -0.2) is 8.42 Å². The first kappa shape index (κ1) is 17.6. The van der Waals surface area contributed by atoms with E-state index in [0.29, 0.717) is 17.7 Å². The lowest BCUT2D eigenvalue weighted by molar-refractivity contribution is 0.0654. The van der Waals surface area contributed by atoms with Crippen molar-refractivity contribution in [2.45, 2.75) is 37.8 Å². The van der Waals surface area contributed by atoms with Crippen LogP contribution in [0, 0.1) is 0 Å². The van der Waals surface area contributed by atoms with Gasteiger partial charge in [0.1, 0.15) is 0 Å². The lowest BCUT2D eigenvalue weighted by Crippen LogP contribution is -2.44. The third kappa shape index (κ3) is 2.95. The fourth-order valence-corrected chi connectivity index (χ4v) is 6.35. The van der Waals surface area contributed by atoms with E-state index in [2.05, 4.69) is 5.32 Å². The van der Waals surface area contributed by atoms with Crippen LogP contribution >= 0.6 is 0 Å². The van der Waals surface area contributed by atoms with Crippen molar-refractivity contribution in [2.24, 2.45) is 0 Å². The smallest absolute Gasteiger partial charge is 0.261 e. The zero-order valence-corrected chi connectivity index (χ0v) is 15.4. The zero-order valence-electron chi connectivity index (χ0n) is 14.6. The topological polar surface area (TPSA) is 86.8 Å². The number of fused-ring (bicyclic) bond motifs is 3. The minimum atomic E-state index is -3.39. The quantitative estimate of drug-likeness (QED) is 0.768. The Bertz CT molecular complexity index is 790. The van der Waals surface area contributed by atoms with Gasteiger partial charge in [0.15, 0.2) is 0 Å². The van der Waals surface area contributed by atoms with Crippen molar-refractivity contribution in [3.63, 3.8) is 0 Å². The lowest BCUT2D eigenvalue weighted by atomic mass is 10.1. The first-order chi connectivity index (χ1) is 12.5. The van der Waals surface area contributed by atoms with Gasteiger partial charge in [0.05, 0.1) is 16.9 Å². The number of sulfonamides is 1. The molecule has 0 saturated carbocycles. The second-order valence-corrected chi connectivity index (χ2v) is 9.18. The van der Waals surface area contributed by atoms with Crippen LogP contribution in [0.2, 0.25) is 0 Å². The van der Waals surface area contributed by atoms with Gasteiger partial charge in [0.25, 0.3) is 11.8 Å². The van der Waals surface area contributed by atoms with Gasteiger partial charge in [-0.05, 0) is 44.4 Å². The van der Waals surface area contributed by atoms with Crippen LogP contribution < -0.4 is 5.32 Å². The molecular weight excluding hydrogens is 354 g/mol. The Morgan fingerprint density at radius 3 is 2.35 bits per heavy atom. The molecule has 0 spiro atoms. The van der Waals surface area contributed by atoms with Gasteiger partial charge in [0, 0.05) is 25.2 Å². The Morgan fingerprint density at radius 1 is 1.00 bits per heavy atom. The predicted molar refractivity (Wildman–Crippen MR) is 96.3 cm³/mol. The molecule has 4 rings (SSSR count). The van der Waals surface area contributed by atoms with Crippen LogP contribution in [0.4, 0.5) is 0 Å². The summed E-state index contributed by atoms with van der Waals surface area (Å²) in [4.78, 5) is 25.9. The summed E-state index contributed by atoms with van der Waals surface area (Å²) in [6.07, 6.45) is 2.92. The van der Waals surface area contributed by atoms with Gasteiger partial charge in [-0.2, -0.15) is 4.31 Å². The van der Waals surface area contributed by atoms with Gasteiger partial charge in [-0.15, -0.1) is 0 Å². The van der Waals surface area contributed by atoms with Crippen LogP contribution in [0.25, 0.3) is 0 Å². The minimum absolute atomic E-state index is 0.0341. The maximum atomic E-state index is 12.9. The summed E-state index contributed by atoms with van der Waals surface area (Å²) in [5.41, 5.74) is 0.800. The lowest BCUT2D eigenvalue weighted by Gasteiger charge is -2.27. The minimum Gasteiger partial charge on any atom is -0.315 e. The molecule has 140 valence electrons. The van der Waals surface area contributed by atoms with Crippen molar-refractivity contribution < 1.29 is 18.0 Å². The van der Waals surface area contributed by atoms with Gasteiger partial charge in [-0.1, -0.05) is 12.1 Å². The number of imide groups is 1. The third-order valence-electron chi connectivity index (χ3n) is 5.57. The molecule has 1 aromatic carbocycles. The van der Waals surface area contributed by atoms with E-state index in [0.717, 1.165) is 25.8 Å². The normalized spacial score (nSPS) is 26.2. The summed E-state index contributed by atoms with van der Waals surface area (Å²) in [5.74, 6) is -0.697. The third-order valence-corrected chi connectivity index (χ3v) is 7.61. The Balaban J connectivity index is 1.41. The van der Waals surface area contributed by atoms with E-state index in [1.807, 2.05) is 0 Å². The fourth-order valence-electron chi connectivity index (χ4n) is 4.35. The molecule has 8 heteroatoms. The van der Waals surface area contributed by atoms with Gasteiger partial charge in [-0.3, -0.25) is 14.5 Å². The number of carbonyl (C=O) groups excluding carboxylic acids is 2. The highest BCUT2D eigenvalue weighted by atomic mass is 32.2. The molecule has 0 aliphatic carbocycles. The van der Waals surface area contributed by atoms with Gasteiger partial charge < -0.3 is 5.32 Å². The number of nitrogens with one attached hydrogen (secondary N) is 1. The second kappa shape index (κ2) is 6.75. The van der Waals surface area contributed by atoms with E-state index in [1.165, 1.54) is 4.90 Å². The maximum absolute atomic E-state index is 12.9.